The molecule has 27 heavy (non-hydrogen) atoms. The number of ketones is 1. The van der Waals surface area contributed by atoms with Crippen molar-refractivity contribution >= 4 is 45.0 Å². The minimum Gasteiger partial charge on any atom is -0.308 e. The number of nitriles is 1. The van der Waals surface area contributed by atoms with E-state index in [0.29, 0.717) is 22.1 Å². The lowest BCUT2D eigenvalue weighted by Gasteiger charge is -2.27. The van der Waals surface area contributed by atoms with E-state index in [0.717, 1.165) is 0 Å². The molecule has 1 aliphatic rings. The number of benzene rings is 1. The third-order valence-electron chi connectivity index (χ3n) is 4.47. The van der Waals surface area contributed by atoms with Crippen molar-refractivity contribution in [3.05, 3.63) is 39.5 Å². The Labute approximate surface area is 163 Å². The first-order chi connectivity index (χ1) is 12.8. The lowest BCUT2D eigenvalue weighted by molar-refractivity contribution is -0.121. The molecule has 0 bridgehead atoms. The van der Waals surface area contributed by atoms with E-state index in [-0.39, 0.29) is 16.9 Å². The lowest BCUT2D eigenvalue weighted by Crippen LogP contribution is -2.47. The van der Waals surface area contributed by atoms with Gasteiger partial charge in [0.1, 0.15) is 23.5 Å². The topological polar surface area (TPSA) is 108 Å². The molecule has 8 nitrogen and oxygen atoms in total. The van der Waals surface area contributed by atoms with Crippen molar-refractivity contribution in [1.82, 2.24) is 9.78 Å². The van der Waals surface area contributed by atoms with Crippen LogP contribution in [0.4, 0.5) is 11.5 Å². The molecule has 2 aromatic rings. The molecule has 1 atom stereocenters. The smallest absolute Gasteiger partial charge is 0.300 e. The van der Waals surface area contributed by atoms with Gasteiger partial charge in [-0.3, -0.25) is 24.0 Å². The maximum absolute atomic E-state index is 12.9. The molecular formula is C18H16BrN5O3. The molecule has 1 unspecified atom stereocenters. The van der Waals surface area contributed by atoms with Crippen LogP contribution in [0.15, 0.2) is 22.8 Å². The third-order valence-corrected chi connectivity index (χ3v) is 4.92. The van der Waals surface area contributed by atoms with E-state index in [2.05, 4.69) is 26.3 Å². The lowest BCUT2D eigenvalue weighted by atomic mass is 10.1. The van der Waals surface area contributed by atoms with Crippen molar-refractivity contribution in [1.29, 1.82) is 5.26 Å². The molecule has 2 amide bonds. The van der Waals surface area contributed by atoms with Crippen LogP contribution in [0.3, 0.4) is 0 Å². The minimum absolute atomic E-state index is 0.213. The molecular weight excluding hydrogens is 414 g/mol. The van der Waals surface area contributed by atoms with Gasteiger partial charge in [-0.1, -0.05) is 22.9 Å². The van der Waals surface area contributed by atoms with Gasteiger partial charge >= 0.3 is 0 Å². The number of nitrogens with zero attached hydrogens (tertiary/aromatic N) is 4. The molecule has 138 valence electrons. The summed E-state index contributed by atoms with van der Waals surface area (Å²) in [4.78, 5) is 39.2. The van der Waals surface area contributed by atoms with Crippen LogP contribution in [0.25, 0.3) is 0 Å². The number of aromatic nitrogens is 2. The molecule has 0 saturated carbocycles. The largest absolute Gasteiger partial charge is 0.308 e. The average molecular weight is 430 g/mol. The van der Waals surface area contributed by atoms with Crippen molar-refractivity contribution in [3.8, 4) is 6.07 Å². The maximum Gasteiger partial charge on any atom is 0.300 e. The zero-order chi connectivity index (χ0) is 19.9. The van der Waals surface area contributed by atoms with E-state index in [4.69, 9.17) is 5.26 Å². The highest BCUT2D eigenvalue weighted by molar-refractivity contribution is 9.10. The molecule has 0 saturated heterocycles. The Morgan fingerprint density at radius 3 is 2.74 bits per heavy atom. The monoisotopic (exact) mass is 429 g/mol. The zero-order valence-electron chi connectivity index (χ0n) is 14.9. The number of halogens is 1. The quantitative estimate of drug-likeness (QED) is 0.749. The number of fused-ring (bicyclic) bond motifs is 1. The van der Waals surface area contributed by atoms with Gasteiger partial charge in [-0.25, -0.2) is 0 Å². The molecule has 1 aliphatic heterocycles. The number of carbonyl (C=O) groups excluding carboxylic acids is 3. The molecule has 0 spiro atoms. The molecule has 1 aromatic carbocycles. The summed E-state index contributed by atoms with van der Waals surface area (Å²) in [5.41, 5.74) is 1.64. The van der Waals surface area contributed by atoms with E-state index in [1.807, 2.05) is 6.07 Å². The van der Waals surface area contributed by atoms with Crippen LogP contribution in [0.5, 0.6) is 0 Å². The molecule has 0 fully saturated rings. The Kier molecular flexibility index (Phi) is 4.85. The second kappa shape index (κ2) is 6.96. The Hall–Kier alpha value is -2.99. The van der Waals surface area contributed by atoms with E-state index in [9.17, 15) is 14.4 Å². The SMILES string of the molecule is CCC(C(=O)Nc1c(C#N)cnn1C)N1C(=O)C(=O)c2cc(Br)cc(C)c21. The molecule has 0 aliphatic carbocycles. The Morgan fingerprint density at radius 2 is 2.11 bits per heavy atom. The zero-order valence-corrected chi connectivity index (χ0v) is 16.5. The van der Waals surface area contributed by atoms with Gasteiger partial charge in [0.25, 0.3) is 11.7 Å². The third kappa shape index (κ3) is 3.02. The Balaban J connectivity index is 2.01. The second-order valence-electron chi connectivity index (χ2n) is 6.18. The van der Waals surface area contributed by atoms with E-state index >= 15 is 0 Å². The number of nitrogens with one attached hydrogen (secondary N) is 1. The summed E-state index contributed by atoms with van der Waals surface area (Å²) in [6.45, 7) is 3.53. The molecule has 0 radical (unpaired) electrons. The molecule has 1 aromatic heterocycles. The van der Waals surface area contributed by atoms with Gasteiger partial charge in [0, 0.05) is 11.5 Å². The van der Waals surface area contributed by atoms with Crippen molar-refractivity contribution in [2.24, 2.45) is 7.05 Å². The van der Waals surface area contributed by atoms with Crippen LogP contribution in [-0.2, 0) is 16.6 Å². The highest BCUT2D eigenvalue weighted by atomic mass is 79.9. The van der Waals surface area contributed by atoms with Crippen LogP contribution in [0.1, 0.15) is 34.8 Å². The van der Waals surface area contributed by atoms with Gasteiger partial charge in [0.2, 0.25) is 5.91 Å². The van der Waals surface area contributed by atoms with Gasteiger partial charge in [-0.2, -0.15) is 10.4 Å². The van der Waals surface area contributed by atoms with E-state index in [1.165, 1.54) is 15.8 Å². The number of hydrogen-bond acceptors (Lipinski definition) is 5. The second-order valence-corrected chi connectivity index (χ2v) is 7.09. The summed E-state index contributed by atoms with van der Waals surface area (Å²) in [6.07, 6.45) is 1.64. The number of carbonyl (C=O) groups is 3. The summed E-state index contributed by atoms with van der Waals surface area (Å²) in [7, 11) is 1.60. The van der Waals surface area contributed by atoms with E-state index < -0.39 is 23.6 Å². The molecule has 2 heterocycles. The van der Waals surface area contributed by atoms with Gasteiger partial charge in [0.05, 0.1) is 17.4 Å². The van der Waals surface area contributed by atoms with Crippen molar-refractivity contribution < 1.29 is 14.4 Å². The fourth-order valence-corrected chi connectivity index (χ4v) is 3.78. The van der Waals surface area contributed by atoms with Crippen LogP contribution in [0, 0.1) is 18.3 Å². The van der Waals surface area contributed by atoms with Crippen molar-refractivity contribution in [2.45, 2.75) is 26.3 Å². The van der Waals surface area contributed by atoms with Crippen molar-refractivity contribution in [3.63, 3.8) is 0 Å². The van der Waals surface area contributed by atoms with Gasteiger partial charge in [-0.15, -0.1) is 0 Å². The highest BCUT2D eigenvalue weighted by Gasteiger charge is 2.43. The maximum atomic E-state index is 12.9. The number of rotatable bonds is 4. The number of hydrogen-bond donors (Lipinski definition) is 1. The van der Waals surface area contributed by atoms with Gasteiger partial charge in [-0.05, 0) is 31.0 Å². The summed E-state index contributed by atoms with van der Waals surface area (Å²) >= 11 is 3.33. The Bertz CT molecular complexity index is 1020. The first-order valence-corrected chi connectivity index (χ1v) is 9.00. The molecule has 9 heteroatoms. The van der Waals surface area contributed by atoms with Crippen LogP contribution in [-0.4, -0.2) is 33.4 Å². The predicted octanol–water partition coefficient (Wildman–Crippen LogP) is 2.31. The summed E-state index contributed by atoms with van der Waals surface area (Å²) in [5, 5.41) is 15.8. The average Bonchev–Trinajstić information content (AvgIpc) is 3.09. The number of Topliss-reactive ketones (excluding diaryl/α,β-unsaturated/α-hetero) is 1. The number of amides is 2. The molecule has 1 N–H and O–H groups in total. The summed E-state index contributed by atoms with van der Waals surface area (Å²) < 4.78 is 2.06. The molecule has 3 rings (SSSR count). The normalized spacial score (nSPS) is 14.1. The minimum atomic E-state index is -0.899. The fourth-order valence-electron chi connectivity index (χ4n) is 3.20. The van der Waals surface area contributed by atoms with Gasteiger partial charge in [0.15, 0.2) is 0 Å². The fraction of sp³-hybridized carbons (Fsp3) is 0.278. The van der Waals surface area contributed by atoms with Gasteiger partial charge < -0.3 is 5.32 Å². The van der Waals surface area contributed by atoms with E-state index in [1.54, 1.807) is 33.0 Å². The first-order valence-electron chi connectivity index (χ1n) is 8.21. The predicted molar refractivity (Wildman–Crippen MR) is 101 cm³/mol. The first kappa shape index (κ1) is 18.8. The van der Waals surface area contributed by atoms with Crippen LogP contribution < -0.4 is 10.2 Å². The number of aryl methyl sites for hydroxylation is 2. The van der Waals surface area contributed by atoms with Crippen molar-refractivity contribution in [2.75, 3.05) is 10.2 Å². The van der Waals surface area contributed by atoms with Crippen LogP contribution in [0.2, 0.25) is 0 Å². The Morgan fingerprint density at radius 1 is 1.41 bits per heavy atom. The summed E-state index contributed by atoms with van der Waals surface area (Å²) in [6, 6.07) is 4.43. The van der Waals surface area contributed by atoms with Crippen LogP contribution >= 0.6 is 15.9 Å². The standard InChI is InChI=1S/C18H16BrN5O3/c1-4-13(17(26)22-16-10(7-20)8-21-23(16)3)24-14-9(2)5-11(19)6-12(14)15(25)18(24)27/h5-6,8,13H,4H2,1-3H3,(H,22,26). The number of anilines is 2. The summed E-state index contributed by atoms with van der Waals surface area (Å²) in [5.74, 6) is -1.63. The highest BCUT2D eigenvalue weighted by Crippen LogP contribution is 2.37.